The van der Waals surface area contributed by atoms with Crippen molar-refractivity contribution in [2.24, 2.45) is 17.3 Å². The van der Waals surface area contributed by atoms with Gasteiger partial charge in [-0.15, -0.1) is 0 Å². The molecule has 0 unspecified atom stereocenters. The summed E-state index contributed by atoms with van der Waals surface area (Å²) in [7, 11) is 0. The maximum absolute atomic E-state index is 12.7. The lowest BCUT2D eigenvalue weighted by molar-refractivity contribution is -0.143. The van der Waals surface area contributed by atoms with E-state index in [0.717, 1.165) is 32.2 Å². The number of carbonyl (C=O) groups is 2. The van der Waals surface area contributed by atoms with Crippen LogP contribution in [-0.4, -0.2) is 41.5 Å². The summed E-state index contributed by atoms with van der Waals surface area (Å²) in [5.41, 5.74) is 2.35. The Kier molecular flexibility index (Phi) is 3.92. The molecule has 6 atom stereocenters. The monoisotopic (exact) mass is 396 g/mol. The number of nitrogens with zero attached hydrogens (tertiary/aromatic N) is 1. The number of para-hydroxylation sites is 1. The third kappa shape index (κ3) is 1.97. The molecule has 1 amide bonds. The largest absolute Gasteiger partial charge is 0.465 e. The summed E-state index contributed by atoms with van der Waals surface area (Å²) >= 11 is 0. The zero-order chi connectivity index (χ0) is 20.6. The van der Waals surface area contributed by atoms with Crippen LogP contribution in [0.2, 0.25) is 0 Å². The van der Waals surface area contributed by atoms with Crippen LogP contribution < -0.4 is 5.32 Å². The number of nitrogens with one attached hydrogen (secondary N) is 1. The number of benzene rings is 1. The van der Waals surface area contributed by atoms with Crippen molar-refractivity contribution in [2.45, 2.75) is 70.4 Å². The highest BCUT2D eigenvalue weighted by atomic mass is 16.5. The molecule has 2 aliphatic heterocycles. The second kappa shape index (κ2) is 5.99. The van der Waals surface area contributed by atoms with E-state index in [0.29, 0.717) is 12.5 Å². The smallest absolute Gasteiger partial charge is 0.302 e. The first kappa shape index (κ1) is 19.0. The number of amides is 1. The van der Waals surface area contributed by atoms with E-state index < -0.39 is 0 Å². The molecule has 4 aliphatic rings. The van der Waals surface area contributed by atoms with E-state index in [1.807, 2.05) is 0 Å². The highest BCUT2D eigenvalue weighted by Gasteiger charge is 2.84. The van der Waals surface area contributed by atoms with Crippen LogP contribution in [0.1, 0.15) is 58.9 Å². The Balaban J connectivity index is 1.74. The number of hydrogen-bond acceptors (Lipinski definition) is 4. The molecule has 5 heteroatoms. The van der Waals surface area contributed by atoms with Crippen molar-refractivity contribution < 1.29 is 14.3 Å². The summed E-state index contributed by atoms with van der Waals surface area (Å²) in [6.07, 6.45) is 4.19. The van der Waals surface area contributed by atoms with Gasteiger partial charge in [-0.2, -0.15) is 0 Å². The Labute approximate surface area is 173 Å². The third-order valence-electron chi connectivity index (χ3n) is 8.98. The standard InChI is InChI=1S/C24H32N2O3/c1-5-10-22-13-18(14-29-17(4)28)24(15(22)2)23(11-12-26(16(3)27)21(22)23)19-8-6-7-9-20(19)25-24/h6-9,15,18,21,25H,5,10-14H2,1-4H3/t15-,18+,21+,22+,23-,24-/m1/s1. The number of esters is 1. The molecule has 5 nitrogen and oxygen atoms in total. The quantitative estimate of drug-likeness (QED) is 0.788. The van der Waals surface area contributed by atoms with Gasteiger partial charge in [0.1, 0.15) is 0 Å². The lowest BCUT2D eigenvalue weighted by atomic mass is 9.57. The SMILES string of the molecule is CCC[C@@]12C[C@@H](COC(C)=O)[C@]3(Nc4ccccc4[C@@]34CCN(C(C)=O)[C@@H]14)[C@@H]2C. The third-order valence-corrected chi connectivity index (χ3v) is 8.98. The van der Waals surface area contributed by atoms with Crippen LogP contribution >= 0.6 is 0 Å². The molecule has 1 saturated heterocycles. The van der Waals surface area contributed by atoms with E-state index in [9.17, 15) is 9.59 Å². The Morgan fingerprint density at radius 3 is 2.72 bits per heavy atom. The normalized spacial score (nSPS) is 41.0. The summed E-state index contributed by atoms with van der Waals surface area (Å²) in [4.78, 5) is 26.6. The van der Waals surface area contributed by atoms with Gasteiger partial charge in [-0.05, 0) is 42.2 Å². The van der Waals surface area contributed by atoms with E-state index in [1.54, 1.807) is 6.92 Å². The molecule has 0 radical (unpaired) electrons. The summed E-state index contributed by atoms with van der Waals surface area (Å²) in [5, 5.41) is 4.00. The predicted octanol–water partition coefficient (Wildman–Crippen LogP) is 3.73. The molecule has 0 aromatic heterocycles. The van der Waals surface area contributed by atoms with Gasteiger partial charge in [0.05, 0.1) is 12.1 Å². The average molecular weight is 397 g/mol. The Morgan fingerprint density at radius 1 is 1.28 bits per heavy atom. The molecule has 1 N–H and O–H groups in total. The van der Waals surface area contributed by atoms with Gasteiger partial charge in [-0.25, -0.2) is 0 Å². The fraction of sp³-hybridized carbons (Fsp3) is 0.667. The van der Waals surface area contributed by atoms with Crippen molar-refractivity contribution in [2.75, 3.05) is 18.5 Å². The molecular weight excluding hydrogens is 364 g/mol. The molecule has 2 heterocycles. The molecular formula is C24H32N2O3. The van der Waals surface area contributed by atoms with E-state index in [1.165, 1.54) is 18.2 Å². The molecule has 1 aromatic carbocycles. The van der Waals surface area contributed by atoms with Crippen molar-refractivity contribution in [1.29, 1.82) is 0 Å². The number of carbonyl (C=O) groups excluding carboxylic acids is 2. The summed E-state index contributed by atoms with van der Waals surface area (Å²) < 4.78 is 5.61. The van der Waals surface area contributed by atoms with Gasteiger partial charge in [0.15, 0.2) is 0 Å². The Morgan fingerprint density at radius 2 is 2.03 bits per heavy atom. The molecule has 2 bridgehead atoms. The maximum atomic E-state index is 12.7. The zero-order valence-electron chi connectivity index (χ0n) is 18.0. The minimum absolute atomic E-state index is 0.0578. The Bertz CT molecular complexity index is 885. The molecule has 1 aromatic rings. The first-order valence-corrected chi connectivity index (χ1v) is 11.1. The minimum Gasteiger partial charge on any atom is -0.465 e. The van der Waals surface area contributed by atoms with Gasteiger partial charge in [0.25, 0.3) is 0 Å². The second-order valence-electron chi connectivity index (χ2n) is 9.78. The van der Waals surface area contributed by atoms with Crippen LogP contribution in [0.3, 0.4) is 0 Å². The van der Waals surface area contributed by atoms with Crippen molar-refractivity contribution in [1.82, 2.24) is 4.90 Å². The van der Waals surface area contributed by atoms with E-state index >= 15 is 0 Å². The van der Waals surface area contributed by atoms with Gasteiger partial charge in [-0.3, -0.25) is 9.59 Å². The van der Waals surface area contributed by atoms with Gasteiger partial charge < -0.3 is 15.0 Å². The van der Waals surface area contributed by atoms with Crippen molar-refractivity contribution in [3.05, 3.63) is 29.8 Å². The van der Waals surface area contributed by atoms with Crippen LogP contribution in [0, 0.1) is 17.3 Å². The van der Waals surface area contributed by atoms with Crippen LogP contribution in [-0.2, 0) is 19.7 Å². The topological polar surface area (TPSA) is 58.6 Å². The number of anilines is 1. The van der Waals surface area contributed by atoms with E-state index in [-0.39, 0.29) is 40.2 Å². The van der Waals surface area contributed by atoms with Crippen LogP contribution in [0.15, 0.2) is 24.3 Å². The van der Waals surface area contributed by atoms with Crippen molar-refractivity contribution in [3.63, 3.8) is 0 Å². The molecule has 156 valence electrons. The molecule has 2 spiro atoms. The highest BCUT2D eigenvalue weighted by molar-refractivity contribution is 5.78. The predicted molar refractivity (Wildman–Crippen MR) is 112 cm³/mol. The van der Waals surface area contributed by atoms with Gasteiger partial charge >= 0.3 is 5.97 Å². The van der Waals surface area contributed by atoms with Crippen molar-refractivity contribution >= 4 is 17.6 Å². The van der Waals surface area contributed by atoms with Crippen molar-refractivity contribution in [3.8, 4) is 0 Å². The molecule has 29 heavy (non-hydrogen) atoms. The molecule has 5 rings (SSSR count). The maximum Gasteiger partial charge on any atom is 0.302 e. The minimum atomic E-state index is -0.209. The average Bonchev–Trinajstić information content (AvgIpc) is 3.33. The number of ether oxygens (including phenoxy) is 1. The summed E-state index contributed by atoms with van der Waals surface area (Å²) in [6, 6.07) is 8.88. The fourth-order valence-electron chi connectivity index (χ4n) is 8.46. The lowest BCUT2D eigenvalue weighted by Crippen LogP contribution is -2.62. The first-order valence-electron chi connectivity index (χ1n) is 11.1. The number of likely N-dealkylation sites (tertiary alicyclic amines) is 1. The van der Waals surface area contributed by atoms with Crippen LogP contribution in [0.25, 0.3) is 0 Å². The van der Waals surface area contributed by atoms with Gasteiger partial charge in [-0.1, -0.05) is 38.5 Å². The summed E-state index contributed by atoms with van der Waals surface area (Å²) in [6.45, 7) is 9.14. The van der Waals surface area contributed by atoms with E-state index in [4.69, 9.17) is 4.74 Å². The van der Waals surface area contributed by atoms with Gasteiger partial charge in [0, 0.05) is 43.5 Å². The number of rotatable bonds is 4. The van der Waals surface area contributed by atoms with Crippen LogP contribution in [0.4, 0.5) is 5.69 Å². The lowest BCUT2D eigenvalue weighted by Gasteiger charge is -2.51. The highest BCUT2D eigenvalue weighted by Crippen LogP contribution is 2.79. The Hall–Kier alpha value is -2.04. The zero-order valence-corrected chi connectivity index (χ0v) is 18.0. The summed E-state index contributed by atoms with van der Waals surface area (Å²) in [5.74, 6) is 0.635. The molecule has 2 aliphatic carbocycles. The fourth-order valence-corrected chi connectivity index (χ4v) is 8.46. The van der Waals surface area contributed by atoms with Crippen LogP contribution in [0.5, 0.6) is 0 Å². The number of fused-ring (bicyclic) bond motifs is 3. The molecule has 2 saturated carbocycles. The first-order chi connectivity index (χ1) is 13.8. The van der Waals surface area contributed by atoms with E-state index in [2.05, 4.69) is 48.3 Å². The number of hydrogen-bond donors (Lipinski definition) is 1. The van der Waals surface area contributed by atoms with Gasteiger partial charge in [0.2, 0.25) is 5.91 Å². The second-order valence-corrected chi connectivity index (χ2v) is 9.78. The molecule has 3 fully saturated rings.